The van der Waals surface area contributed by atoms with Crippen LogP contribution < -0.4 is 10.2 Å². The van der Waals surface area contributed by atoms with Crippen molar-refractivity contribution in [1.82, 2.24) is 15.2 Å². The van der Waals surface area contributed by atoms with Crippen LogP contribution in [0.2, 0.25) is 0 Å². The Labute approximate surface area is 243 Å². The summed E-state index contributed by atoms with van der Waals surface area (Å²) >= 11 is 0.949. The van der Waals surface area contributed by atoms with Crippen molar-refractivity contribution in [2.45, 2.75) is 38.0 Å². The van der Waals surface area contributed by atoms with E-state index in [0.29, 0.717) is 37.0 Å². The second-order valence-electron chi connectivity index (χ2n) is 10.5. The van der Waals surface area contributed by atoms with Gasteiger partial charge in [0.2, 0.25) is 0 Å². The first kappa shape index (κ1) is 28.0. The number of aromatic nitrogens is 3. The van der Waals surface area contributed by atoms with Crippen molar-refractivity contribution in [1.29, 1.82) is 0 Å². The third-order valence-electron chi connectivity index (χ3n) is 7.29. The number of anilines is 2. The monoisotopic (exact) mass is 596 g/mol. The molecule has 6 rings (SSSR count). The molecule has 2 aliphatic rings. The molecular weight excluding hydrogens is 569 g/mol. The van der Waals surface area contributed by atoms with Crippen LogP contribution in [0.1, 0.15) is 35.5 Å². The quantitative estimate of drug-likeness (QED) is 0.321. The fourth-order valence-electron chi connectivity index (χ4n) is 4.71. The number of alkyl halides is 3. The van der Waals surface area contributed by atoms with E-state index in [9.17, 15) is 18.0 Å². The Bertz CT molecular complexity index is 1630. The van der Waals surface area contributed by atoms with E-state index in [-0.39, 0.29) is 34.8 Å². The Morgan fingerprint density at radius 2 is 1.71 bits per heavy atom. The van der Waals surface area contributed by atoms with Gasteiger partial charge in [0.25, 0.3) is 5.89 Å². The van der Waals surface area contributed by atoms with E-state index in [2.05, 4.69) is 20.5 Å². The average molecular weight is 597 g/mol. The Morgan fingerprint density at radius 3 is 2.45 bits per heavy atom. The number of morpholine rings is 1. The molecule has 2 aliphatic heterocycles. The van der Waals surface area contributed by atoms with Crippen molar-refractivity contribution >= 4 is 33.8 Å². The van der Waals surface area contributed by atoms with Crippen molar-refractivity contribution < 1.29 is 27.1 Å². The van der Waals surface area contributed by atoms with Gasteiger partial charge in [-0.25, -0.2) is 4.98 Å². The van der Waals surface area contributed by atoms with Crippen LogP contribution >= 0.6 is 11.3 Å². The lowest BCUT2D eigenvalue weighted by atomic mass is 9.94. The number of rotatable bonds is 6. The summed E-state index contributed by atoms with van der Waals surface area (Å²) in [5, 5.41) is 11.5. The minimum Gasteiger partial charge on any atom is -0.402 e. The van der Waals surface area contributed by atoms with Gasteiger partial charge in [0.15, 0.2) is 17.6 Å². The SMILES string of the molecule is CC(C)(c1nc(-c2nnc(N[C@H]3N=C(c4ccccc4)c4ccccc4CC3=O)o2)c(N2CCOCC2)s1)C(F)(F)F. The van der Waals surface area contributed by atoms with Gasteiger partial charge >= 0.3 is 12.2 Å². The van der Waals surface area contributed by atoms with Crippen LogP contribution in [-0.2, 0) is 21.4 Å². The van der Waals surface area contributed by atoms with Gasteiger partial charge in [0.1, 0.15) is 15.4 Å². The van der Waals surface area contributed by atoms with Gasteiger partial charge in [0, 0.05) is 30.6 Å². The van der Waals surface area contributed by atoms with Gasteiger partial charge in [-0.3, -0.25) is 9.79 Å². The predicted octanol–water partition coefficient (Wildman–Crippen LogP) is 5.27. The maximum Gasteiger partial charge on any atom is 0.400 e. The second-order valence-corrected chi connectivity index (χ2v) is 11.5. The van der Waals surface area contributed by atoms with E-state index in [4.69, 9.17) is 14.1 Å². The summed E-state index contributed by atoms with van der Waals surface area (Å²) in [5.41, 5.74) is 1.14. The Morgan fingerprint density at radius 1 is 1.00 bits per heavy atom. The van der Waals surface area contributed by atoms with Crippen molar-refractivity contribution in [2.24, 2.45) is 4.99 Å². The summed E-state index contributed by atoms with van der Waals surface area (Å²) in [6.45, 7) is 4.01. The maximum absolute atomic E-state index is 13.9. The van der Waals surface area contributed by atoms with E-state index < -0.39 is 17.8 Å². The first-order valence-corrected chi connectivity index (χ1v) is 14.2. The van der Waals surface area contributed by atoms with E-state index in [1.54, 1.807) is 0 Å². The molecule has 0 spiro atoms. The number of ketones is 1. The molecule has 1 N–H and O–H groups in total. The highest BCUT2D eigenvalue weighted by Crippen LogP contribution is 2.47. The molecule has 0 saturated carbocycles. The smallest absolute Gasteiger partial charge is 0.400 e. The number of fused-ring (bicyclic) bond motifs is 1. The number of halogens is 3. The van der Waals surface area contributed by atoms with E-state index >= 15 is 0 Å². The highest BCUT2D eigenvalue weighted by Gasteiger charge is 2.51. The van der Waals surface area contributed by atoms with Crippen LogP contribution in [0.15, 0.2) is 64.0 Å². The van der Waals surface area contributed by atoms with E-state index in [0.717, 1.165) is 41.9 Å². The number of carbonyl (C=O) groups excluding carboxylic acids is 1. The topological polar surface area (TPSA) is 106 Å². The summed E-state index contributed by atoms with van der Waals surface area (Å²) in [4.78, 5) is 24.3. The third-order valence-corrected chi connectivity index (χ3v) is 8.73. The molecule has 0 radical (unpaired) electrons. The Kier molecular flexibility index (Phi) is 7.31. The number of benzene rings is 2. The predicted molar refractivity (Wildman–Crippen MR) is 152 cm³/mol. The number of aliphatic imine (C=N–C) groups is 1. The molecule has 1 saturated heterocycles. The van der Waals surface area contributed by atoms with Crippen LogP contribution in [0, 0.1) is 0 Å². The third kappa shape index (κ3) is 5.29. The first-order valence-electron chi connectivity index (χ1n) is 13.4. The molecule has 1 atom stereocenters. The number of nitrogens with zero attached hydrogens (tertiary/aromatic N) is 5. The number of hydrogen-bond donors (Lipinski definition) is 1. The zero-order valence-electron chi connectivity index (χ0n) is 22.8. The van der Waals surface area contributed by atoms with Gasteiger partial charge in [-0.15, -0.1) is 5.10 Å². The lowest BCUT2D eigenvalue weighted by Gasteiger charge is -2.28. The molecule has 0 amide bonds. The minimum absolute atomic E-state index is 0.0592. The molecule has 0 aliphatic carbocycles. The largest absolute Gasteiger partial charge is 0.402 e. The van der Waals surface area contributed by atoms with E-state index in [1.807, 2.05) is 59.5 Å². The van der Waals surface area contributed by atoms with Gasteiger partial charge in [0.05, 0.1) is 18.9 Å². The molecule has 2 aromatic carbocycles. The molecule has 9 nitrogen and oxygen atoms in total. The lowest BCUT2D eigenvalue weighted by molar-refractivity contribution is -0.180. The molecule has 2 aromatic heterocycles. The fraction of sp³-hybridized carbons (Fsp3) is 0.345. The summed E-state index contributed by atoms with van der Waals surface area (Å²) < 4.78 is 53.1. The van der Waals surface area contributed by atoms with Gasteiger partial charge in [-0.1, -0.05) is 71.0 Å². The maximum atomic E-state index is 13.9. The molecule has 1 fully saturated rings. The summed E-state index contributed by atoms with van der Waals surface area (Å²) in [5.74, 6) is -0.263. The molecule has 13 heteroatoms. The summed E-state index contributed by atoms with van der Waals surface area (Å²) in [6.07, 6.45) is -5.41. The minimum atomic E-state index is -4.52. The molecule has 0 unspecified atom stereocenters. The molecule has 4 heterocycles. The van der Waals surface area contributed by atoms with Crippen LogP contribution in [0.25, 0.3) is 11.6 Å². The highest BCUT2D eigenvalue weighted by atomic mass is 32.1. The Balaban J connectivity index is 1.35. The average Bonchev–Trinajstić information content (AvgIpc) is 3.61. The number of ether oxygens (including phenoxy) is 1. The second kappa shape index (κ2) is 11.0. The Hall–Kier alpha value is -4.10. The van der Waals surface area contributed by atoms with Gasteiger partial charge < -0.3 is 19.4 Å². The fourth-order valence-corrected chi connectivity index (χ4v) is 5.95. The van der Waals surface area contributed by atoms with Crippen LogP contribution in [0.3, 0.4) is 0 Å². The molecule has 218 valence electrons. The van der Waals surface area contributed by atoms with Crippen LogP contribution in [0.5, 0.6) is 0 Å². The van der Waals surface area contributed by atoms with Gasteiger partial charge in [-0.2, -0.15) is 13.2 Å². The first-order chi connectivity index (χ1) is 20.1. The molecule has 4 aromatic rings. The standard InChI is InChI=1S/C29H27F3N6O3S/c1-28(2,29(30,31)32)26-34-22(25(42-26)38-12-14-40-15-13-38)24-36-37-27(41-24)35-23-20(39)16-18-10-6-7-11-19(18)21(33-23)17-8-4-3-5-9-17/h3-11,23H,12-16H2,1-2H3,(H,35,37)/t23-/m1/s1. The number of nitrogens with one attached hydrogen (secondary N) is 1. The number of hydrogen-bond acceptors (Lipinski definition) is 10. The zero-order valence-corrected chi connectivity index (χ0v) is 23.6. The number of Topliss-reactive ketones (excluding diaryl/α,β-unsaturated/α-hetero) is 1. The zero-order chi connectivity index (χ0) is 29.5. The molecule has 0 bridgehead atoms. The van der Waals surface area contributed by atoms with Crippen molar-refractivity contribution in [3.05, 3.63) is 76.3 Å². The van der Waals surface area contributed by atoms with Crippen molar-refractivity contribution in [2.75, 3.05) is 36.5 Å². The number of thiazole rings is 1. The van der Waals surface area contributed by atoms with Crippen molar-refractivity contribution in [3.8, 4) is 11.6 Å². The molecular formula is C29H27F3N6O3S. The normalized spacial score (nSPS) is 17.9. The van der Waals surface area contributed by atoms with Crippen molar-refractivity contribution in [3.63, 3.8) is 0 Å². The van der Waals surface area contributed by atoms with Gasteiger partial charge in [-0.05, 0) is 19.4 Å². The summed E-state index contributed by atoms with van der Waals surface area (Å²) in [7, 11) is 0. The highest BCUT2D eigenvalue weighted by molar-refractivity contribution is 7.16. The van der Waals surface area contributed by atoms with Crippen LogP contribution in [-0.4, -0.2) is 65.3 Å². The van der Waals surface area contributed by atoms with E-state index in [1.165, 1.54) is 0 Å². The molecule has 42 heavy (non-hydrogen) atoms. The van der Waals surface area contributed by atoms with Crippen LogP contribution in [0.4, 0.5) is 24.2 Å². The lowest BCUT2D eigenvalue weighted by Crippen LogP contribution is -2.36. The number of carbonyl (C=O) groups is 1. The summed E-state index contributed by atoms with van der Waals surface area (Å²) in [6, 6.07) is 17.0.